The molecule has 112 valence electrons. The first-order valence-electron chi connectivity index (χ1n) is 6.26. The first-order chi connectivity index (χ1) is 9.25. The molecule has 0 unspecified atom stereocenters. The minimum Gasteiger partial charge on any atom is -0.342 e. The Morgan fingerprint density at radius 1 is 1.30 bits per heavy atom. The van der Waals surface area contributed by atoms with Gasteiger partial charge < -0.3 is 4.90 Å². The van der Waals surface area contributed by atoms with Gasteiger partial charge in [-0.3, -0.25) is 4.79 Å². The SMILES string of the molecule is CCCCCN(C)C(=O)c1cc(F)cc(S(=O)(=O)Cl)c1. The van der Waals surface area contributed by atoms with E-state index >= 15 is 0 Å². The summed E-state index contributed by atoms with van der Waals surface area (Å²) in [6.07, 6.45) is 2.85. The highest BCUT2D eigenvalue weighted by atomic mass is 35.7. The summed E-state index contributed by atoms with van der Waals surface area (Å²) in [4.78, 5) is 13.1. The Balaban J connectivity index is 2.96. The van der Waals surface area contributed by atoms with Crippen LogP contribution in [0, 0.1) is 5.82 Å². The predicted molar refractivity (Wildman–Crippen MR) is 75.9 cm³/mol. The number of halogens is 2. The molecule has 0 radical (unpaired) electrons. The van der Waals surface area contributed by atoms with Crippen molar-refractivity contribution in [1.82, 2.24) is 4.90 Å². The van der Waals surface area contributed by atoms with Gasteiger partial charge in [-0.2, -0.15) is 0 Å². The zero-order chi connectivity index (χ0) is 15.3. The molecule has 0 N–H and O–H groups in total. The summed E-state index contributed by atoms with van der Waals surface area (Å²) in [6.45, 7) is 2.58. The van der Waals surface area contributed by atoms with Crippen molar-refractivity contribution in [2.24, 2.45) is 0 Å². The third kappa shape index (κ3) is 4.76. The molecule has 1 amide bonds. The second-order valence-corrected chi connectivity index (χ2v) is 7.11. The number of benzene rings is 1. The van der Waals surface area contributed by atoms with Crippen LogP contribution in [0.15, 0.2) is 23.1 Å². The Morgan fingerprint density at radius 3 is 2.50 bits per heavy atom. The second kappa shape index (κ2) is 7.04. The van der Waals surface area contributed by atoms with Gasteiger partial charge in [-0.15, -0.1) is 0 Å². The lowest BCUT2D eigenvalue weighted by atomic mass is 10.2. The van der Waals surface area contributed by atoms with E-state index < -0.39 is 25.7 Å². The van der Waals surface area contributed by atoms with Crippen LogP contribution < -0.4 is 0 Å². The molecule has 1 aromatic rings. The molecule has 0 aliphatic carbocycles. The van der Waals surface area contributed by atoms with Crippen LogP contribution in [0.3, 0.4) is 0 Å². The molecule has 1 aromatic carbocycles. The van der Waals surface area contributed by atoms with Crippen molar-refractivity contribution in [3.05, 3.63) is 29.6 Å². The smallest absolute Gasteiger partial charge is 0.261 e. The Labute approximate surface area is 123 Å². The third-order valence-electron chi connectivity index (χ3n) is 2.84. The molecular weight excluding hydrogens is 305 g/mol. The van der Waals surface area contributed by atoms with Crippen LogP contribution >= 0.6 is 10.7 Å². The van der Waals surface area contributed by atoms with E-state index in [1.54, 1.807) is 7.05 Å². The highest BCUT2D eigenvalue weighted by molar-refractivity contribution is 8.13. The van der Waals surface area contributed by atoms with Gasteiger partial charge in [-0.1, -0.05) is 19.8 Å². The lowest BCUT2D eigenvalue weighted by molar-refractivity contribution is 0.0792. The van der Waals surface area contributed by atoms with Crippen LogP contribution in [0.1, 0.15) is 36.5 Å². The van der Waals surface area contributed by atoms with E-state index in [4.69, 9.17) is 10.7 Å². The van der Waals surface area contributed by atoms with Gasteiger partial charge in [0.2, 0.25) is 0 Å². The van der Waals surface area contributed by atoms with E-state index in [0.29, 0.717) is 6.54 Å². The van der Waals surface area contributed by atoms with Crippen molar-refractivity contribution in [3.63, 3.8) is 0 Å². The quantitative estimate of drug-likeness (QED) is 0.598. The van der Waals surface area contributed by atoms with Crippen LogP contribution in [0.4, 0.5) is 4.39 Å². The van der Waals surface area contributed by atoms with Gasteiger partial charge in [0.05, 0.1) is 4.90 Å². The molecular formula is C13H17ClFNO3S. The molecule has 0 spiro atoms. The molecule has 0 saturated carbocycles. The maximum atomic E-state index is 13.4. The Bertz CT molecular complexity index is 589. The molecule has 20 heavy (non-hydrogen) atoms. The number of hydrogen-bond acceptors (Lipinski definition) is 3. The van der Waals surface area contributed by atoms with Gasteiger partial charge in [0.1, 0.15) is 5.82 Å². The van der Waals surface area contributed by atoms with Gasteiger partial charge in [-0.25, -0.2) is 12.8 Å². The minimum absolute atomic E-state index is 0.0248. The van der Waals surface area contributed by atoms with E-state index in [-0.39, 0.29) is 5.56 Å². The largest absolute Gasteiger partial charge is 0.342 e. The summed E-state index contributed by atoms with van der Waals surface area (Å²) in [6, 6.07) is 2.88. The Hall–Kier alpha value is -1.14. The zero-order valence-electron chi connectivity index (χ0n) is 11.4. The van der Waals surface area contributed by atoms with E-state index in [1.807, 2.05) is 6.92 Å². The highest BCUT2D eigenvalue weighted by Gasteiger charge is 2.18. The van der Waals surface area contributed by atoms with Crippen LogP contribution in [-0.4, -0.2) is 32.8 Å². The van der Waals surface area contributed by atoms with Crippen LogP contribution in [0.2, 0.25) is 0 Å². The summed E-state index contributed by atoms with van der Waals surface area (Å²) in [7, 11) is 2.70. The Kier molecular flexibility index (Phi) is 5.95. The number of unbranched alkanes of at least 4 members (excludes halogenated alkanes) is 2. The number of rotatable bonds is 6. The number of nitrogens with zero attached hydrogens (tertiary/aromatic N) is 1. The molecule has 0 fully saturated rings. The number of carbonyl (C=O) groups is 1. The van der Waals surface area contributed by atoms with Crippen LogP contribution in [0.25, 0.3) is 0 Å². The second-order valence-electron chi connectivity index (χ2n) is 4.55. The van der Waals surface area contributed by atoms with Gasteiger partial charge in [-0.05, 0) is 24.6 Å². The average Bonchev–Trinajstić information content (AvgIpc) is 2.36. The summed E-state index contributed by atoms with van der Waals surface area (Å²) in [5.41, 5.74) is -0.0248. The first-order valence-corrected chi connectivity index (χ1v) is 8.57. The van der Waals surface area contributed by atoms with Crippen molar-refractivity contribution in [3.8, 4) is 0 Å². The zero-order valence-corrected chi connectivity index (χ0v) is 13.0. The molecule has 0 saturated heterocycles. The third-order valence-corrected chi connectivity index (χ3v) is 4.18. The number of hydrogen-bond donors (Lipinski definition) is 0. The summed E-state index contributed by atoms with van der Waals surface area (Å²) in [5, 5.41) is 0. The molecule has 1 rings (SSSR count). The molecule has 0 aromatic heterocycles. The molecule has 0 aliphatic heterocycles. The fourth-order valence-electron chi connectivity index (χ4n) is 1.75. The topological polar surface area (TPSA) is 54.5 Å². The maximum absolute atomic E-state index is 13.4. The lowest BCUT2D eigenvalue weighted by Crippen LogP contribution is -2.28. The van der Waals surface area contributed by atoms with Crippen molar-refractivity contribution >= 4 is 25.6 Å². The van der Waals surface area contributed by atoms with Gasteiger partial charge in [0, 0.05) is 29.8 Å². The fourth-order valence-corrected chi connectivity index (χ4v) is 2.54. The number of amides is 1. The van der Waals surface area contributed by atoms with Crippen molar-refractivity contribution in [1.29, 1.82) is 0 Å². The standard InChI is InChI=1S/C13H17ClFNO3S/c1-3-4-5-6-16(2)13(17)10-7-11(15)9-12(8-10)20(14,18)19/h7-9H,3-6H2,1-2H3. The molecule has 0 aliphatic rings. The van der Waals surface area contributed by atoms with E-state index in [9.17, 15) is 17.6 Å². The monoisotopic (exact) mass is 321 g/mol. The van der Waals surface area contributed by atoms with E-state index in [0.717, 1.165) is 37.5 Å². The average molecular weight is 322 g/mol. The van der Waals surface area contributed by atoms with Crippen molar-refractivity contribution < 1.29 is 17.6 Å². The van der Waals surface area contributed by atoms with Gasteiger partial charge in [0.25, 0.3) is 15.0 Å². The summed E-state index contributed by atoms with van der Waals surface area (Å²) in [5.74, 6) is -1.24. The fraction of sp³-hybridized carbons (Fsp3) is 0.462. The van der Waals surface area contributed by atoms with Crippen LogP contribution in [-0.2, 0) is 9.05 Å². The highest BCUT2D eigenvalue weighted by Crippen LogP contribution is 2.19. The number of carbonyl (C=O) groups excluding carboxylic acids is 1. The predicted octanol–water partition coefficient (Wildman–Crippen LogP) is 3.02. The molecule has 7 heteroatoms. The summed E-state index contributed by atoms with van der Waals surface area (Å²) >= 11 is 0. The summed E-state index contributed by atoms with van der Waals surface area (Å²) < 4.78 is 35.8. The van der Waals surface area contributed by atoms with Crippen LogP contribution in [0.5, 0.6) is 0 Å². The van der Waals surface area contributed by atoms with Gasteiger partial charge in [0.15, 0.2) is 0 Å². The normalized spacial score (nSPS) is 11.4. The minimum atomic E-state index is -4.07. The lowest BCUT2D eigenvalue weighted by Gasteiger charge is -2.17. The molecule has 0 heterocycles. The van der Waals surface area contributed by atoms with E-state index in [1.165, 1.54) is 4.90 Å². The molecule has 4 nitrogen and oxygen atoms in total. The first kappa shape index (κ1) is 16.9. The van der Waals surface area contributed by atoms with E-state index in [2.05, 4.69) is 0 Å². The van der Waals surface area contributed by atoms with Crippen molar-refractivity contribution in [2.45, 2.75) is 31.1 Å². The molecule has 0 bridgehead atoms. The molecule has 0 atom stereocenters. The Morgan fingerprint density at radius 2 is 1.95 bits per heavy atom. The van der Waals surface area contributed by atoms with Crippen molar-refractivity contribution in [2.75, 3.05) is 13.6 Å². The maximum Gasteiger partial charge on any atom is 0.261 e. The van der Waals surface area contributed by atoms with Gasteiger partial charge >= 0.3 is 0 Å².